The summed E-state index contributed by atoms with van der Waals surface area (Å²) < 4.78 is 1.92. The van der Waals surface area contributed by atoms with Gasteiger partial charge in [-0.3, -0.25) is 14.2 Å². The number of hydrogen-bond donors (Lipinski definition) is 2. The first-order chi connectivity index (χ1) is 14.5. The first-order valence-electron chi connectivity index (χ1n) is 9.63. The van der Waals surface area contributed by atoms with Crippen LogP contribution in [0.2, 0.25) is 5.02 Å². The number of rotatable bonds is 7. The van der Waals surface area contributed by atoms with Crippen LogP contribution in [0.5, 0.6) is 0 Å². The molecule has 2 amide bonds. The van der Waals surface area contributed by atoms with Gasteiger partial charge in [0.05, 0.1) is 11.4 Å². The minimum absolute atomic E-state index is 0.109. The second-order valence-corrected chi connectivity index (χ2v) is 8.48. The molecule has 4 rings (SSSR count). The summed E-state index contributed by atoms with van der Waals surface area (Å²) in [5.74, 6) is -0.0891. The Balaban J connectivity index is 1.39. The van der Waals surface area contributed by atoms with Crippen molar-refractivity contribution in [2.24, 2.45) is 0 Å². The third kappa shape index (κ3) is 4.86. The number of carbonyl (C=O) groups is 2. The first-order valence-corrected chi connectivity index (χ1v) is 11.0. The van der Waals surface area contributed by atoms with Gasteiger partial charge in [-0.2, -0.15) is 0 Å². The van der Waals surface area contributed by atoms with Crippen molar-refractivity contribution in [3.63, 3.8) is 0 Å². The van der Waals surface area contributed by atoms with Crippen LogP contribution in [0.4, 0.5) is 5.69 Å². The largest absolute Gasteiger partial charge is 0.349 e. The van der Waals surface area contributed by atoms with Gasteiger partial charge in [0.2, 0.25) is 5.91 Å². The van der Waals surface area contributed by atoms with Crippen LogP contribution in [0.15, 0.2) is 60.0 Å². The topological polar surface area (TPSA) is 76.0 Å². The first kappa shape index (κ1) is 20.5. The minimum Gasteiger partial charge on any atom is -0.349 e. The van der Waals surface area contributed by atoms with Crippen molar-refractivity contribution in [1.29, 1.82) is 0 Å². The SMILES string of the molecule is Cc1c(Cl)cccc1-n1ccnc1SCC(=O)Nc1cccc(C(=O)NC2CC2)c1. The number of nitrogens with zero attached hydrogens (tertiary/aromatic N) is 2. The number of amides is 2. The van der Waals surface area contributed by atoms with Gasteiger partial charge in [0, 0.05) is 34.7 Å². The molecule has 1 saturated carbocycles. The Hall–Kier alpha value is -2.77. The molecule has 3 aromatic rings. The van der Waals surface area contributed by atoms with Gasteiger partial charge >= 0.3 is 0 Å². The fourth-order valence-corrected chi connectivity index (χ4v) is 3.93. The lowest BCUT2D eigenvalue weighted by Gasteiger charge is -2.12. The van der Waals surface area contributed by atoms with Crippen LogP contribution in [-0.2, 0) is 4.79 Å². The molecule has 0 spiro atoms. The average molecular weight is 441 g/mol. The second kappa shape index (κ2) is 8.93. The lowest BCUT2D eigenvalue weighted by molar-refractivity contribution is -0.113. The Labute approximate surface area is 184 Å². The Morgan fingerprint density at radius 1 is 1.23 bits per heavy atom. The average Bonchev–Trinajstić information content (AvgIpc) is 3.43. The molecule has 154 valence electrons. The number of hydrogen-bond acceptors (Lipinski definition) is 4. The number of halogens is 1. The van der Waals surface area contributed by atoms with E-state index in [9.17, 15) is 9.59 Å². The minimum atomic E-state index is -0.169. The summed E-state index contributed by atoms with van der Waals surface area (Å²) >= 11 is 7.57. The van der Waals surface area contributed by atoms with Gasteiger partial charge in [0.1, 0.15) is 0 Å². The lowest BCUT2D eigenvalue weighted by Crippen LogP contribution is -2.25. The fourth-order valence-electron chi connectivity index (χ4n) is 3.00. The molecule has 0 saturated heterocycles. The van der Waals surface area contributed by atoms with E-state index in [1.165, 1.54) is 11.8 Å². The summed E-state index contributed by atoms with van der Waals surface area (Å²) in [5, 5.41) is 7.18. The molecule has 1 aliphatic rings. The van der Waals surface area contributed by atoms with Crippen LogP contribution >= 0.6 is 23.4 Å². The van der Waals surface area contributed by atoms with Crippen LogP contribution in [0.1, 0.15) is 28.8 Å². The summed E-state index contributed by atoms with van der Waals surface area (Å²) in [6, 6.07) is 13.0. The Kier molecular flexibility index (Phi) is 6.11. The highest BCUT2D eigenvalue weighted by Crippen LogP contribution is 2.26. The molecule has 2 aromatic carbocycles. The third-order valence-electron chi connectivity index (χ3n) is 4.76. The molecular formula is C22H21ClN4O2S. The van der Waals surface area contributed by atoms with Crippen LogP contribution in [0.25, 0.3) is 5.69 Å². The highest BCUT2D eigenvalue weighted by Gasteiger charge is 2.23. The van der Waals surface area contributed by atoms with Crippen molar-refractivity contribution in [3.05, 3.63) is 71.0 Å². The molecule has 30 heavy (non-hydrogen) atoms. The number of thioether (sulfide) groups is 1. The highest BCUT2D eigenvalue weighted by molar-refractivity contribution is 7.99. The Morgan fingerprint density at radius 3 is 2.83 bits per heavy atom. The summed E-state index contributed by atoms with van der Waals surface area (Å²) in [5.41, 5.74) is 3.01. The molecule has 2 N–H and O–H groups in total. The summed E-state index contributed by atoms with van der Waals surface area (Å²) in [4.78, 5) is 29.0. The standard InChI is InChI=1S/C22H21ClN4O2S/c1-14-18(23)6-3-7-19(14)27-11-10-24-22(27)30-13-20(28)25-17-5-2-4-15(12-17)21(29)26-16-8-9-16/h2-7,10-12,16H,8-9,13H2,1H3,(H,25,28)(H,26,29). The number of aromatic nitrogens is 2. The van der Waals surface area contributed by atoms with Gasteiger partial charge in [-0.25, -0.2) is 4.98 Å². The number of carbonyl (C=O) groups excluding carboxylic acids is 2. The van der Waals surface area contributed by atoms with Gasteiger partial charge in [0.15, 0.2) is 5.16 Å². The molecule has 1 aromatic heterocycles. The molecule has 1 fully saturated rings. The van der Waals surface area contributed by atoms with E-state index < -0.39 is 0 Å². The number of imidazole rings is 1. The molecule has 1 aliphatic carbocycles. The van der Waals surface area contributed by atoms with E-state index in [0.29, 0.717) is 27.5 Å². The maximum absolute atomic E-state index is 12.5. The van der Waals surface area contributed by atoms with Gasteiger partial charge < -0.3 is 10.6 Å². The van der Waals surface area contributed by atoms with Crippen molar-refractivity contribution in [1.82, 2.24) is 14.9 Å². The fraction of sp³-hybridized carbons (Fsp3) is 0.227. The van der Waals surface area contributed by atoms with Gasteiger partial charge in [-0.1, -0.05) is 35.5 Å². The van der Waals surface area contributed by atoms with Crippen molar-refractivity contribution >= 4 is 40.9 Å². The van der Waals surface area contributed by atoms with Gasteiger partial charge in [-0.15, -0.1) is 0 Å². The molecule has 0 aliphatic heterocycles. The zero-order chi connectivity index (χ0) is 21.1. The second-order valence-electron chi connectivity index (χ2n) is 7.13. The van der Waals surface area contributed by atoms with Crippen molar-refractivity contribution < 1.29 is 9.59 Å². The zero-order valence-corrected chi connectivity index (χ0v) is 18.0. The van der Waals surface area contributed by atoms with E-state index in [0.717, 1.165) is 24.1 Å². The third-order valence-corrected chi connectivity index (χ3v) is 6.14. The number of anilines is 1. The lowest BCUT2D eigenvalue weighted by atomic mass is 10.2. The van der Waals surface area contributed by atoms with Crippen LogP contribution in [0.3, 0.4) is 0 Å². The quantitative estimate of drug-likeness (QED) is 0.532. The molecular weight excluding hydrogens is 420 g/mol. The van der Waals surface area contributed by atoms with E-state index in [4.69, 9.17) is 11.6 Å². The highest BCUT2D eigenvalue weighted by atomic mass is 35.5. The van der Waals surface area contributed by atoms with Crippen LogP contribution < -0.4 is 10.6 Å². The van der Waals surface area contributed by atoms with Gasteiger partial charge in [0.25, 0.3) is 5.91 Å². The van der Waals surface area contributed by atoms with E-state index in [1.807, 2.05) is 35.9 Å². The molecule has 8 heteroatoms. The van der Waals surface area contributed by atoms with E-state index in [2.05, 4.69) is 15.6 Å². The summed E-state index contributed by atoms with van der Waals surface area (Å²) in [7, 11) is 0. The smallest absolute Gasteiger partial charge is 0.251 e. The molecule has 1 heterocycles. The molecule has 0 atom stereocenters. The Bertz CT molecular complexity index is 1090. The summed E-state index contributed by atoms with van der Waals surface area (Å²) in [6.45, 7) is 1.95. The van der Waals surface area contributed by atoms with Crippen LogP contribution in [-0.4, -0.2) is 33.2 Å². The van der Waals surface area contributed by atoms with E-state index in [1.54, 1.807) is 30.5 Å². The number of benzene rings is 2. The van der Waals surface area contributed by atoms with E-state index >= 15 is 0 Å². The Morgan fingerprint density at radius 2 is 2.03 bits per heavy atom. The van der Waals surface area contributed by atoms with Crippen molar-refractivity contribution in [2.45, 2.75) is 31.0 Å². The van der Waals surface area contributed by atoms with Crippen molar-refractivity contribution in [2.75, 3.05) is 11.1 Å². The van der Waals surface area contributed by atoms with Gasteiger partial charge in [-0.05, 0) is 55.7 Å². The van der Waals surface area contributed by atoms with Crippen LogP contribution in [0, 0.1) is 6.92 Å². The summed E-state index contributed by atoms with van der Waals surface area (Å²) in [6.07, 6.45) is 5.61. The molecule has 6 nitrogen and oxygen atoms in total. The number of nitrogens with one attached hydrogen (secondary N) is 2. The zero-order valence-electron chi connectivity index (χ0n) is 16.4. The maximum atomic E-state index is 12.5. The predicted molar refractivity (Wildman–Crippen MR) is 120 cm³/mol. The maximum Gasteiger partial charge on any atom is 0.251 e. The molecule has 0 bridgehead atoms. The monoisotopic (exact) mass is 440 g/mol. The molecule has 0 radical (unpaired) electrons. The van der Waals surface area contributed by atoms with Crippen molar-refractivity contribution in [3.8, 4) is 5.69 Å². The predicted octanol–water partition coefficient (Wildman–Crippen LogP) is 4.46. The molecule has 0 unspecified atom stereocenters. The van der Waals surface area contributed by atoms with E-state index in [-0.39, 0.29) is 17.6 Å². The normalized spacial score (nSPS) is 13.1.